The van der Waals surface area contributed by atoms with E-state index in [4.69, 9.17) is 0 Å². The van der Waals surface area contributed by atoms with Crippen molar-refractivity contribution in [2.24, 2.45) is 0 Å². The second-order valence-corrected chi connectivity index (χ2v) is 7.12. The Labute approximate surface area is 167 Å². The fraction of sp³-hybridized carbons (Fsp3) is 0.190. The number of hydrogen-bond donors (Lipinski definition) is 2. The van der Waals surface area contributed by atoms with Crippen LogP contribution in [-0.4, -0.2) is 21.9 Å². The molecule has 1 aromatic heterocycles. The molecule has 1 heterocycles. The molecule has 0 unspecified atom stereocenters. The maximum Gasteiger partial charge on any atom is 0.234 e. The summed E-state index contributed by atoms with van der Waals surface area (Å²) in [6, 6.07) is 17.7. The minimum absolute atomic E-state index is 0.0884. The lowest BCUT2D eigenvalue weighted by Gasteiger charge is -2.07. The summed E-state index contributed by atoms with van der Waals surface area (Å²) in [5, 5.41) is 14.9. The van der Waals surface area contributed by atoms with Crippen molar-refractivity contribution in [3.63, 3.8) is 0 Å². The topological polar surface area (TPSA) is 66.9 Å². The molecule has 0 fully saturated rings. The lowest BCUT2D eigenvalue weighted by molar-refractivity contribution is -0.113. The second kappa shape index (κ2) is 9.85. The van der Waals surface area contributed by atoms with Crippen LogP contribution in [0, 0.1) is 5.82 Å². The van der Waals surface area contributed by atoms with Crippen molar-refractivity contribution in [2.75, 3.05) is 16.4 Å². The molecule has 1 amide bonds. The smallest absolute Gasteiger partial charge is 0.234 e. The van der Waals surface area contributed by atoms with Gasteiger partial charge in [-0.25, -0.2) is 4.39 Å². The number of amides is 1. The number of rotatable bonds is 8. The number of hydrogen-bond acceptors (Lipinski definition) is 5. The monoisotopic (exact) mass is 396 g/mol. The Morgan fingerprint density at radius 2 is 1.68 bits per heavy atom. The largest absolute Gasteiger partial charge is 0.365 e. The van der Waals surface area contributed by atoms with E-state index in [1.54, 1.807) is 18.2 Å². The summed E-state index contributed by atoms with van der Waals surface area (Å²) < 4.78 is 12.9. The van der Waals surface area contributed by atoms with Crippen molar-refractivity contribution in [1.29, 1.82) is 0 Å². The minimum Gasteiger partial charge on any atom is -0.365 e. The zero-order valence-corrected chi connectivity index (χ0v) is 16.3. The van der Waals surface area contributed by atoms with Gasteiger partial charge in [-0.2, -0.15) is 0 Å². The molecule has 0 aliphatic carbocycles. The molecule has 0 radical (unpaired) electrons. The van der Waals surface area contributed by atoms with Crippen molar-refractivity contribution in [1.82, 2.24) is 10.2 Å². The average Bonchev–Trinajstić information content (AvgIpc) is 2.73. The van der Waals surface area contributed by atoms with Crippen molar-refractivity contribution < 1.29 is 9.18 Å². The number of aryl methyl sites for hydroxylation is 1. The third-order valence-electron chi connectivity index (χ3n) is 4.02. The number of halogens is 1. The Bertz CT molecular complexity index is 899. The molecule has 7 heteroatoms. The Morgan fingerprint density at radius 3 is 2.32 bits per heavy atom. The number of nitrogens with one attached hydrogen (secondary N) is 2. The van der Waals surface area contributed by atoms with Gasteiger partial charge in [0, 0.05) is 12.2 Å². The van der Waals surface area contributed by atoms with E-state index in [-0.39, 0.29) is 17.5 Å². The fourth-order valence-electron chi connectivity index (χ4n) is 2.45. The van der Waals surface area contributed by atoms with Gasteiger partial charge in [-0.1, -0.05) is 43.0 Å². The summed E-state index contributed by atoms with van der Waals surface area (Å²) in [5.41, 5.74) is 2.97. The number of anilines is 2. The zero-order chi connectivity index (χ0) is 19.8. The van der Waals surface area contributed by atoms with Gasteiger partial charge in [0.25, 0.3) is 0 Å². The summed E-state index contributed by atoms with van der Waals surface area (Å²) in [7, 11) is 0. The van der Waals surface area contributed by atoms with Crippen LogP contribution in [0.25, 0.3) is 0 Å². The molecular weight excluding hydrogens is 375 g/mol. The van der Waals surface area contributed by atoms with Gasteiger partial charge < -0.3 is 10.6 Å². The van der Waals surface area contributed by atoms with Gasteiger partial charge in [0.15, 0.2) is 0 Å². The predicted octanol–water partition coefficient (Wildman–Crippen LogP) is 4.52. The van der Waals surface area contributed by atoms with Gasteiger partial charge in [0.2, 0.25) is 5.91 Å². The van der Waals surface area contributed by atoms with Crippen LogP contribution in [-0.2, 0) is 17.8 Å². The molecule has 0 spiro atoms. The number of aromatic nitrogens is 2. The highest BCUT2D eigenvalue weighted by Gasteiger charge is 2.06. The Kier molecular flexibility index (Phi) is 6.97. The van der Waals surface area contributed by atoms with Gasteiger partial charge in [-0.3, -0.25) is 4.79 Å². The third-order valence-corrected chi connectivity index (χ3v) is 4.94. The van der Waals surface area contributed by atoms with Crippen LogP contribution in [0.15, 0.2) is 65.7 Å². The molecule has 0 saturated carbocycles. The van der Waals surface area contributed by atoms with Crippen LogP contribution in [0.3, 0.4) is 0 Å². The quantitative estimate of drug-likeness (QED) is 0.548. The van der Waals surface area contributed by atoms with Crippen molar-refractivity contribution in [2.45, 2.75) is 24.9 Å². The second-order valence-electron chi connectivity index (χ2n) is 6.12. The highest BCUT2D eigenvalue weighted by atomic mass is 32.2. The first-order valence-corrected chi connectivity index (χ1v) is 9.94. The standard InChI is InChI=1S/C21H21FN4OS/c1-2-15-5-9-18(10-6-15)24-20(27)14-28-21-12-11-19(25-26-21)23-13-16-3-7-17(22)8-4-16/h3-12H,2,13-14H2,1H3,(H,23,25)(H,24,27). The number of benzene rings is 2. The van der Waals surface area contributed by atoms with Gasteiger partial charge in [0.05, 0.1) is 5.75 Å². The van der Waals surface area contributed by atoms with E-state index in [2.05, 4.69) is 27.8 Å². The van der Waals surface area contributed by atoms with Crippen LogP contribution in [0.5, 0.6) is 0 Å². The van der Waals surface area contributed by atoms with Crippen LogP contribution < -0.4 is 10.6 Å². The summed E-state index contributed by atoms with van der Waals surface area (Å²) in [5.74, 6) is 0.530. The molecule has 0 atom stereocenters. The summed E-state index contributed by atoms with van der Waals surface area (Å²) in [6.45, 7) is 2.62. The number of carbonyl (C=O) groups is 1. The van der Waals surface area contributed by atoms with Gasteiger partial charge >= 0.3 is 0 Å². The van der Waals surface area contributed by atoms with E-state index < -0.39 is 0 Å². The van der Waals surface area contributed by atoms with E-state index in [0.717, 1.165) is 17.7 Å². The average molecular weight is 396 g/mol. The van der Waals surface area contributed by atoms with Crippen LogP contribution >= 0.6 is 11.8 Å². The molecule has 5 nitrogen and oxygen atoms in total. The number of nitrogens with zero attached hydrogens (tertiary/aromatic N) is 2. The lowest BCUT2D eigenvalue weighted by atomic mass is 10.1. The molecule has 3 rings (SSSR count). The molecule has 0 bridgehead atoms. The molecular formula is C21H21FN4OS. The maximum absolute atomic E-state index is 12.9. The van der Waals surface area contributed by atoms with E-state index in [1.807, 2.05) is 30.3 Å². The van der Waals surface area contributed by atoms with Crippen LogP contribution in [0.1, 0.15) is 18.1 Å². The predicted molar refractivity (Wildman–Crippen MR) is 111 cm³/mol. The molecule has 0 saturated heterocycles. The lowest BCUT2D eigenvalue weighted by Crippen LogP contribution is -2.14. The first kappa shape index (κ1) is 19.8. The van der Waals surface area contributed by atoms with Gasteiger partial charge in [-0.15, -0.1) is 10.2 Å². The molecule has 2 N–H and O–H groups in total. The highest BCUT2D eigenvalue weighted by Crippen LogP contribution is 2.17. The third kappa shape index (κ3) is 6.06. The molecule has 28 heavy (non-hydrogen) atoms. The summed E-state index contributed by atoms with van der Waals surface area (Å²) in [4.78, 5) is 12.1. The van der Waals surface area contributed by atoms with Crippen LogP contribution in [0.2, 0.25) is 0 Å². The highest BCUT2D eigenvalue weighted by molar-refractivity contribution is 7.99. The van der Waals surface area contributed by atoms with Gasteiger partial charge in [-0.05, 0) is 53.9 Å². The van der Waals surface area contributed by atoms with Crippen molar-refractivity contribution >= 4 is 29.2 Å². The number of carbonyl (C=O) groups excluding carboxylic acids is 1. The molecule has 2 aromatic carbocycles. The van der Waals surface area contributed by atoms with Crippen molar-refractivity contribution in [3.05, 3.63) is 77.6 Å². The summed E-state index contributed by atoms with van der Waals surface area (Å²) >= 11 is 1.33. The SMILES string of the molecule is CCc1ccc(NC(=O)CSc2ccc(NCc3ccc(F)cc3)nn2)cc1. The molecule has 3 aromatic rings. The zero-order valence-electron chi connectivity index (χ0n) is 15.5. The number of thioether (sulfide) groups is 1. The normalized spacial score (nSPS) is 10.5. The first-order valence-electron chi connectivity index (χ1n) is 8.96. The maximum atomic E-state index is 12.9. The fourth-order valence-corrected chi connectivity index (χ4v) is 3.06. The molecule has 144 valence electrons. The van der Waals surface area contributed by atoms with Crippen LogP contribution in [0.4, 0.5) is 15.9 Å². The van der Waals surface area contributed by atoms with E-state index in [9.17, 15) is 9.18 Å². The summed E-state index contributed by atoms with van der Waals surface area (Å²) in [6.07, 6.45) is 0.970. The minimum atomic E-state index is -0.257. The van der Waals surface area contributed by atoms with E-state index >= 15 is 0 Å². The van der Waals surface area contributed by atoms with Gasteiger partial charge in [0.1, 0.15) is 16.7 Å². The Morgan fingerprint density at radius 1 is 0.964 bits per heavy atom. The van der Waals surface area contributed by atoms with E-state index in [1.165, 1.54) is 29.5 Å². The first-order chi connectivity index (χ1) is 13.6. The molecule has 0 aliphatic heterocycles. The Balaban J connectivity index is 1.44. The Hall–Kier alpha value is -2.93. The van der Waals surface area contributed by atoms with Crippen molar-refractivity contribution in [3.8, 4) is 0 Å². The van der Waals surface area contributed by atoms with E-state index in [0.29, 0.717) is 17.4 Å². The molecule has 0 aliphatic rings.